The fourth-order valence-corrected chi connectivity index (χ4v) is 3.52. The molecule has 18 heavy (non-hydrogen) atoms. The monoisotopic (exact) mass is 273 g/mol. The van der Waals surface area contributed by atoms with Crippen molar-refractivity contribution < 1.29 is 19.1 Å². The maximum Gasteiger partial charge on any atom is 0.328 e. The van der Waals surface area contributed by atoms with E-state index in [1.807, 2.05) is 6.92 Å². The molecule has 0 aromatic carbocycles. The zero-order chi connectivity index (χ0) is 14.2. The van der Waals surface area contributed by atoms with Crippen molar-refractivity contribution in [3.8, 4) is 0 Å². The molecule has 0 saturated heterocycles. The van der Waals surface area contributed by atoms with Crippen LogP contribution in [0.2, 0.25) is 19.1 Å². The summed E-state index contributed by atoms with van der Waals surface area (Å²) in [4.78, 5) is 21.8. The number of carbonyl (C=O) groups is 2. The Hall–Kier alpha value is -1.14. The summed E-state index contributed by atoms with van der Waals surface area (Å²) >= 11 is 0. The van der Waals surface area contributed by atoms with Gasteiger partial charge in [0, 0.05) is 24.8 Å². The van der Waals surface area contributed by atoms with Crippen molar-refractivity contribution in [3.05, 3.63) is 11.6 Å². The molecule has 0 rings (SSSR count). The quantitative estimate of drug-likeness (QED) is 0.401. The average Bonchev–Trinajstić information content (AvgIpc) is 2.23. The minimum absolute atomic E-state index is 0.212. The number of carbonyl (C=O) groups excluding carboxylic acids is 1. The van der Waals surface area contributed by atoms with Crippen molar-refractivity contribution in [2.24, 2.45) is 0 Å². The largest absolute Gasteiger partial charge is 0.478 e. The molecule has 0 aliphatic heterocycles. The Morgan fingerprint density at radius 2 is 2.00 bits per heavy atom. The van der Waals surface area contributed by atoms with Crippen LogP contribution < -0.4 is 5.32 Å². The van der Waals surface area contributed by atoms with Crippen LogP contribution in [0.15, 0.2) is 11.6 Å². The Kier molecular flexibility index (Phi) is 7.53. The van der Waals surface area contributed by atoms with E-state index < -0.39 is 14.3 Å². The van der Waals surface area contributed by atoms with Crippen molar-refractivity contribution >= 4 is 20.2 Å². The van der Waals surface area contributed by atoms with E-state index in [1.54, 1.807) is 0 Å². The lowest BCUT2D eigenvalue weighted by Gasteiger charge is -2.21. The predicted octanol–water partition coefficient (Wildman–Crippen LogP) is 1.77. The van der Waals surface area contributed by atoms with E-state index in [9.17, 15) is 9.59 Å². The molecule has 5 nitrogen and oxygen atoms in total. The number of amides is 1. The Balaban J connectivity index is 3.92. The molecule has 0 saturated carbocycles. The van der Waals surface area contributed by atoms with Crippen molar-refractivity contribution in [2.75, 3.05) is 13.2 Å². The van der Waals surface area contributed by atoms with E-state index >= 15 is 0 Å². The molecule has 0 fully saturated rings. The topological polar surface area (TPSA) is 75.6 Å². The SMILES string of the molecule is CCO[Si](C)(C)CCCNC(=O)/C(C)=C/C(=O)O. The van der Waals surface area contributed by atoms with Crippen molar-refractivity contribution in [2.45, 2.75) is 39.4 Å². The maximum absolute atomic E-state index is 11.5. The Morgan fingerprint density at radius 1 is 1.39 bits per heavy atom. The average molecular weight is 273 g/mol. The third kappa shape index (κ3) is 8.02. The summed E-state index contributed by atoms with van der Waals surface area (Å²) in [5.41, 5.74) is 0.212. The number of hydrogen-bond donors (Lipinski definition) is 2. The van der Waals surface area contributed by atoms with Gasteiger partial charge in [0.2, 0.25) is 5.91 Å². The van der Waals surface area contributed by atoms with Crippen LogP contribution in [0.25, 0.3) is 0 Å². The first-order chi connectivity index (χ1) is 8.28. The lowest BCUT2D eigenvalue weighted by Crippen LogP contribution is -2.32. The minimum atomic E-state index is -1.59. The van der Waals surface area contributed by atoms with Gasteiger partial charge in [0.1, 0.15) is 0 Å². The summed E-state index contributed by atoms with van der Waals surface area (Å²) in [7, 11) is -1.59. The van der Waals surface area contributed by atoms with Gasteiger partial charge in [-0.2, -0.15) is 0 Å². The predicted molar refractivity (Wildman–Crippen MR) is 72.9 cm³/mol. The molecule has 0 radical (unpaired) electrons. The molecule has 0 atom stereocenters. The van der Waals surface area contributed by atoms with Gasteiger partial charge < -0.3 is 14.8 Å². The highest BCUT2D eigenvalue weighted by Gasteiger charge is 2.20. The molecule has 0 aliphatic carbocycles. The van der Waals surface area contributed by atoms with E-state index in [4.69, 9.17) is 9.53 Å². The second-order valence-corrected chi connectivity index (χ2v) is 9.03. The van der Waals surface area contributed by atoms with Gasteiger partial charge in [-0.1, -0.05) is 0 Å². The molecule has 0 heterocycles. The third-order valence-electron chi connectivity index (χ3n) is 2.47. The fraction of sp³-hybridized carbons (Fsp3) is 0.667. The van der Waals surface area contributed by atoms with Crippen LogP contribution in [-0.2, 0) is 14.0 Å². The number of hydrogen-bond acceptors (Lipinski definition) is 3. The van der Waals surface area contributed by atoms with Gasteiger partial charge in [-0.15, -0.1) is 0 Å². The van der Waals surface area contributed by atoms with Crippen LogP contribution in [0.4, 0.5) is 0 Å². The van der Waals surface area contributed by atoms with E-state index in [0.29, 0.717) is 6.54 Å². The first-order valence-corrected chi connectivity index (χ1v) is 9.23. The van der Waals surface area contributed by atoms with Gasteiger partial charge in [0.25, 0.3) is 0 Å². The highest BCUT2D eigenvalue weighted by Crippen LogP contribution is 2.12. The van der Waals surface area contributed by atoms with Crippen LogP contribution in [-0.4, -0.2) is 38.5 Å². The third-order valence-corrected chi connectivity index (χ3v) is 5.10. The minimum Gasteiger partial charge on any atom is -0.478 e. The zero-order valence-electron chi connectivity index (χ0n) is 11.6. The molecular weight excluding hydrogens is 250 g/mol. The van der Waals surface area contributed by atoms with Gasteiger partial charge in [-0.3, -0.25) is 4.79 Å². The summed E-state index contributed by atoms with van der Waals surface area (Å²) in [6.07, 6.45) is 1.76. The number of aliphatic carboxylic acids is 1. The first kappa shape index (κ1) is 16.9. The molecular formula is C12H23NO4Si. The Bertz CT molecular complexity index is 326. The molecule has 0 unspecified atom stereocenters. The first-order valence-electron chi connectivity index (χ1n) is 6.12. The normalized spacial score (nSPS) is 12.3. The number of nitrogens with one attached hydrogen (secondary N) is 1. The highest BCUT2D eigenvalue weighted by molar-refractivity contribution is 6.71. The lowest BCUT2D eigenvalue weighted by atomic mass is 10.2. The summed E-state index contributed by atoms with van der Waals surface area (Å²) in [5, 5.41) is 11.2. The number of rotatable bonds is 8. The summed E-state index contributed by atoms with van der Waals surface area (Å²) < 4.78 is 5.67. The van der Waals surface area contributed by atoms with Gasteiger partial charge in [-0.05, 0) is 39.4 Å². The van der Waals surface area contributed by atoms with Gasteiger partial charge in [0.15, 0.2) is 8.32 Å². The molecule has 0 aromatic rings. The standard InChI is InChI=1S/C12H23NO4Si/c1-5-17-18(3,4)8-6-7-13-12(16)10(2)9-11(14)15/h9H,5-8H2,1-4H3,(H,13,16)(H,14,15)/b10-9+. The van der Waals surface area contributed by atoms with Crippen LogP contribution >= 0.6 is 0 Å². The van der Waals surface area contributed by atoms with Gasteiger partial charge in [0.05, 0.1) is 0 Å². The smallest absolute Gasteiger partial charge is 0.328 e. The van der Waals surface area contributed by atoms with Crippen LogP contribution in [0.1, 0.15) is 20.3 Å². The van der Waals surface area contributed by atoms with Gasteiger partial charge >= 0.3 is 5.97 Å². The summed E-state index contributed by atoms with van der Waals surface area (Å²) in [6.45, 7) is 9.04. The molecule has 6 heteroatoms. The Labute approximate surface area is 109 Å². The van der Waals surface area contributed by atoms with E-state index in [0.717, 1.165) is 25.1 Å². The summed E-state index contributed by atoms with van der Waals surface area (Å²) in [5.74, 6) is -1.43. The second kappa shape index (κ2) is 8.05. The highest BCUT2D eigenvalue weighted by atomic mass is 28.4. The number of carboxylic acid groups (broad SMARTS) is 1. The lowest BCUT2D eigenvalue weighted by molar-refractivity contribution is -0.131. The van der Waals surface area contributed by atoms with Crippen molar-refractivity contribution in [1.29, 1.82) is 0 Å². The van der Waals surface area contributed by atoms with Crippen LogP contribution in [0.3, 0.4) is 0 Å². The van der Waals surface area contributed by atoms with Crippen molar-refractivity contribution in [1.82, 2.24) is 5.32 Å². The van der Waals surface area contributed by atoms with E-state index in [2.05, 4.69) is 18.4 Å². The van der Waals surface area contributed by atoms with E-state index in [1.165, 1.54) is 6.92 Å². The molecule has 0 aliphatic rings. The fourth-order valence-electron chi connectivity index (χ4n) is 1.57. The number of carboxylic acids is 1. The maximum atomic E-state index is 11.5. The molecule has 104 valence electrons. The molecule has 0 aromatic heterocycles. The molecule has 0 spiro atoms. The van der Waals surface area contributed by atoms with Crippen molar-refractivity contribution in [3.63, 3.8) is 0 Å². The van der Waals surface area contributed by atoms with Crippen LogP contribution in [0, 0.1) is 0 Å². The van der Waals surface area contributed by atoms with Gasteiger partial charge in [-0.25, -0.2) is 4.79 Å². The van der Waals surface area contributed by atoms with Crippen LogP contribution in [0.5, 0.6) is 0 Å². The molecule has 0 bridgehead atoms. The molecule has 2 N–H and O–H groups in total. The zero-order valence-corrected chi connectivity index (χ0v) is 12.6. The Morgan fingerprint density at radius 3 is 2.50 bits per heavy atom. The molecule has 1 amide bonds. The summed E-state index contributed by atoms with van der Waals surface area (Å²) in [6, 6.07) is 0.975. The van der Waals surface area contributed by atoms with E-state index in [-0.39, 0.29) is 11.5 Å². The second-order valence-electron chi connectivity index (χ2n) is 4.72.